The van der Waals surface area contributed by atoms with Crippen molar-refractivity contribution in [3.8, 4) is 0 Å². The molecule has 1 aromatic carbocycles. The first kappa shape index (κ1) is 17.4. The maximum atomic E-state index is 10.4. The second-order valence-electron chi connectivity index (χ2n) is 2.32. The topological polar surface area (TPSA) is 37.3 Å². The summed E-state index contributed by atoms with van der Waals surface area (Å²) in [6.45, 7) is 2.21. The minimum absolute atomic E-state index is 0. The van der Waals surface area contributed by atoms with E-state index in [4.69, 9.17) is 5.11 Å². The zero-order valence-electron chi connectivity index (χ0n) is 7.53. The summed E-state index contributed by atoms with van der Waals surface area (Å²) in [6, 6.07) is 6.58. The van der Waals surface area contributed by atoms with Gasteiger partial charge in [0.2, 0.25) is 0 Å². The molecule has 14 heavy (non-hydrogen) atoms. The molecule has 5 heteroatoms. The molecule has 1 aromatic rings. The first-order valence-corrected chi connectivity index (χ1v) is 8.27. The summed E-state index contributed by atoms with van der Waals surface area (Å²) >= 11 is 5.02. The van der Waals surface area contributed by atoms with E-state index < -0.39 is 5.97 Å². The van der Waals surface area contributed by atoms with Crippen LogP contribution in [0.3, 0.4) is 0 Å². The van der Waals surface area contributed by atoms with Crippen molar-refractivity contribution in [2.45, 2.75) is 15.7 Å². The van der Waals surface area contributed by atoms with E-state index >= 15 is 0 Å². The van der Waals surface area contributed by atoms with Crippen LogP contribution in [0.25, 0.3) is 0 Å². The van der Waals surface area contributed by atoms with Gasteiger partial charge in [0.15, 0.2) is 0 Å². The summed E-state index contributed by atoms with van der Waals surface area (Å²) < 4.78 is 1.44. The third kappa shape index (κ3) is 7.29. The molecule has 0 aliphatic carbocycles. The predicted molar refractivity (Wildman–Crippen MR) is 58.3 cm³/mol. The third-order valence-corrected chi connectivity index (χ3v) is 1.52. The summed E-state index contributed by atoms with van der Waals surface area (Å²) in [7, 11) is 0. The number of rotatable bonds is 1. The van der Waals surface area contributed by atoms with Crippen LogP contribution in [0.15, 0.2) is 29.2 Å². The fourth-order valence-corrected chi connectivity index (χ4v) is 0.911. The molecule has 1 rings (SSSR count). The zero-order chi connectivity index (χ0) is 10.3. The second kappa shape index (κ2) is 10.5. The van der Waals surface area contributed by atoms with E-state index in [1.165, 1.54) is 10.00 Å². The van der Waals surface area contributed by atoms with Gasteiger partial charge < -0.3 is 5.11 Å². The monoisotopic (exact) mass is 409 g/mol. The van der Waals surface area contributed by atoms with Gasteiger partial charge in [-0.05, 0) is 12.1 Å². The van der Waals surface area contributed by atoms with E-state index in [1.807, 2.05) is 0 Å². The molecule has 0 aliphatic rings. The van der Waals surface area contributed by atoms with Crippen molar-refractivity contribution in [3.63, 3.8) is 0 Å². The van der Waals surface area contributed by atoms with E-state index in [-0.39, 0.29) is 35.1 Å². The fraction of sp³-hybridized carbons (Fsp3) is 0.222. The Morgan fingerprint density at radius 1 is 1.50 bits per heavy atom. The number of hydrogen-bond acceptors (Lipinski definition) is 2. The van der Waals surface area contributed by atoms with Crippen molar-refractivity contribution in [2.75, 3.05) is 0 Å². The van der Waals surface area contributed by atoms with Gasteiger partial charge in [0.1, 0.15) is 0 Å². The third-order valence-electron chi connectivity index (χ3n) is 1.13. The molecule has 0 saturated carbocycles. The number of carbonyl (C=O) groups is 1. The number of thiol groups is 1. The van der Waals surface area contributed by atoms with Gasteiger partial charge in [-0.3, -0.25) is 0 Å². The van der Waals surface area contributed by atoms with Crippen LogP contribution in [0, 0.1) is 0 Å². The Morgan fingerprint density at radius 2 is 1.93 bits per heavy atom. The summed E-state index contributed by atoms with van der Waals surface area (Å²) in [4.78, 5) is 10.9. The number of aromatic carboxylic acids is 1. The Morgan fingerprint density at radius 3 is 2.21 bits per heavy atom. The number of carboxylic acid groups (broad SMARTS) is 1. The van der Waals surface area contributed by atoms with Crippen LogP contribution in [0.4, 0.5) is 0 Å². The minimum atomic E-state index is -0.939. The summed E-state index contributed by atoms with van der Waals surface area (Å²) in [5.74, 6) is -0.939. The van der Waals surface area contributed by atoms with Crippen LogP contribution >= 0.6 is 12.6 Å². The molecule has 0 spiro atoms. The van der Waals surface area contributed by atoms with Crippen LogP contribution in [0.5, 0.6) is 0 Å². The molecule has 0 heterocycles. The Kier molecular flexibility index (Phi) is 13.0. The first-order valence-electron chi connectivity index (χ1n) is 3.94. The molecule has 0 saturated heterocycles. The van der Waals surface area contributed by atoms with Gasteiger partial charge in [-0.1, -0.05) is 12.1 Å². The normalized spacial score (nSPS) is 8.00. The average Bonchev–Trinajstić information content (AvgIpc) is 2.06. The number of carboxylic acids is 1. The molecule has 1 N–H and O–H groups in total. The Labute approximate surface area is 128 Å². The van der Waals surface area contributed by atoms with E-state index in [2.05, 4.69) is 19.6 Å². The molecule has 2 nitrogen and oxygen atoms in total. The first-order chi connectivity index (χ1) is 6.13. The van der Waals surface area contributed by atoms with Crippen LogP contribution in [0.1, 0.15) is 17.3 Å². The van der Waals surface area contributed by atoms with Crippen molar-refractivity contribution in [1.29, 1.82) is 0 Å². The molecule has 0 aliphatic heterocycles. The fourth-order valence-electron chi connectivity index (χ4n) is 0.654. The Bertz CT molecular complexity index is 281. The summed E-state index contributed by atoms with van der Waals surface area (Å²) in [5, 5.41) is 8.52. The standard InChI is InChI=1S/C7H6O2S.C2H5.Hg.Na.H/c8-7(9)5-3-1-2-4-6(5)10;1-2;;;/h1-4,10H,(H,8,9);1H2,2H3;;;. The summed E-state index contributed by atoms with van der Waals surface area (Å²) in [5.41, 5.74) is 0.242. The van der Waals surface area contributed by atoms with Crippen molar-refractivity contribution in [3.05, 3.63) is 29.8 Å². The average molecular weight is 408 g/mol. The Balaban J connectivity index is 0. The molecule has 0 fully saturated rings. The number of benzene rings is 1. The second-order valence-corrected chi connectivity index (χ2v) is 6.69. The zero-order valence-corrected chi connectivity index (χ0v) is 13.9. The molecule has 0 unspecified atom stereocenters. The molecule has 0 bridgehead atoms. The molecular formula is C9H12HgNaO2S. The predicted octanol–water partition coefficient (Wildman–Crippen LogP) is 2.00. The van der Waals surface area contributed by atoms with Crippen molar-refractivity contribution in [2.24, 2.45) is 0 Å². The Hall–Kier alpha value is 0.975. The van der Waals surface area contributed by atoms with Crippen LogP contribution < -0.4 is 0 Å². The van der Waals surface area contributed by atoms with E-state index in [9.17, 15) is 4.79 Å². The van der Waals surface area contributed by atoms with Crippen molar-refractivity contribution in [1.82, 2.24) is 0 Å². The quantitative estimate of drug-likeness (QED) is 0.552. The van der Waals surface area contributed by atoms with E-state index in [1.54, 1.807) is 18.2 Å². The van der Waals surface area contributed by atoms with E-state index in [0.717, 1.165) is 26.1 Å². The van der Waals surface area contributed by atoms with E-state index in [0.29, 0.717) is 4.90 Å². The van der Waals surface area contributed by atoms with Gasteiger partial charge in [0.05, 0.1) is 5.56 Å². The van der Waals surface area contributed by atoms with Crippen molar-refractivity contribution < 1.29 is 36.0 Å². The van der Waals surface area contributed by atoms with Gasteiger partial charge in [0.25, 0.3) is 0 Å². The SMILES string of the molecule is C[CH2][Hg].O=C(O)c1ccccc1S.[NaH]. The van der Waals surface area contributed by atoms with Crippen LogP contribution in [-0.2, 0) is 26.1 Å². The van der Waals surface area contributed by atoms with Gasteiger partial charge in [-0.25, -0.2) is 4.79 Å². The van der Waals surface area contributed by atoms with Gasteiger partial charge in [-0.15, -0.1) is 12.6 Å². The van der Waals surface area contributed by atoms with Gasteiger partial charge in [0, 0.05) is 4.90 Å². The molecule has 0 amide bonds. The molecule has 69 valence electrons. The van der Waals surface area contributed by atoms with Crippen molar-refractivity contribution >= 4 is 48.2 Å². The molecule has 0 atom stereocenters. The van der Waals surface area contributed by atoms with Crippen LogP contribution in [-0.4, -0.2) is 40.6 Å². The van der Waals surface area contributed by atoms with Crippen LogP contribution in [0.2, 0.25) is 3.93 Å². The summed E-state index contributed by atoms with van der Waals surface area (Å²) in [6.07, 6.45) is 0. The molecule has 0 aromatic heterocycles. The molecular weight excluding hydrogens is 396 g/mol. The van der Waals surface area contributed by atoms with Gasteiger partial charge in [-0.2, -0.15) is 0 Å². The van der Waals surface area contributed by atoms with Gasteiger partial charge >= 0.3 is 72.5 Å². The molecule has 0 radical (unpaired) electrons. The maximum absolute atomic E-state index is 10.4. The number of hydrogen-bond donors (Lipinski definition) is 2.